The first-order chi connectivity index (χ1) is 17.5. The van der Waals surface area contributed by atoms with Crippen LogP contribution in [0.2, 0.25) is 0 Å². The molecule has 1 aliphatic rings. The lowest BCUT2D eigenvalue weighted by Crippen LogP contribution is -2.29. The van der Waals surface area contributed by atoms with Crippen LogP contribution < -0.4 is 5.32 Å². The number of aromatic amines is 1. The minimum Gasteiger partial charge on any atom is -0.478 e. The average Bonchev–Trinajstić information content (AvgIpc) is 3.53. The molecule has 0 spiro atoms. The van der Waals surface area contributed by atoms with Crippen LogP contribution in [0.1, 0.15) is 29.2 Å². The largest absolute Gasteiger partial charge is 0.478 e. The van der Waals surface area contributed by atoms with Gasteiger partial charge < -0.3 is 15.4 Å². The van der Waals surface area contributed by atoms with Crippen molar-refractivity contribution in [2.24, 2.45) is 0 Å². The second-order valence-electron chi connectivity index (χ2n) is 8.81. The molecule has 1 saturated heterocycles. The smallest absolute Gasteiger partial charge is 0.335 e. The summed E-state index contributed by atoms with van der Waals surface area (Å²) in [5.74, 6) is -0.705. The van der Waals surface area contributed by atoms with Gasteiger partial charge in [0.25, 0.3) is 5.69 Å². The number of piperidine rings is 1. The Morgan fingerprint density at radius 1 is 1.11 bits per heavy atom. The fraction of sp³-hybridized carbons (Fsp3) is 0.200. The molecule has 4 heterocycles. The van der Waals surface area contributed by atoms with E-state index in [1.54, 1.807) is 36.5 Å². The van der Waals surface area contributed by atoms with Crippen LogP contribution >= 0.6 is 0 Å². The molecule has 1 aliphatic heterocycles. The number of hydrogen-bond acceptors (Lipinski definition) is 7. The Morgan fingerprint density at radius 3 is 2.72 bits per heavy atom. The minimum atomic E-state index is -1.03. The van der Waals surface area contributed by atoms with E-state index in [-0.39, 0.29) is 17.3 Å². The highest BCUT2D eigenvalue weighted by Crippen LogP contribution is 2.35. The summed E-state index contributed by atoms with van der Waals surface area (Å²) >= 11 is 0. The molecule has 0 unspecified atom stereocenters. The fourth-order valence-corrected chi connectivity index (χ4v) is 4.76. The molecule has 2 aromatic carbocycles. The zero-order chi connectivity index (χ0) is 24.8. The first-order valence-electron chi connectivity index (χ1n) is 11.5. The Labute approximate surface area is 204 Å². The summed E-state index contributed by atoms with van der Waals surface area (Å²) in [6.45, 7) is 1.87. The Kier molecular flexibility index (Phi) is 5.19. The lowest BCUT2D eigenvalue weighted by atomic mass is 10.1. The van der Waals surface area contributed by atoms with Crippen molar-refractivity contribution in [1.29, 1.82) is 0 Å². The van der Waals surface area contributed by atoms with Gasteiger partial charge in [0, 0.05) is 40.4 Å². The molecular weight excluding hydrogens is 462 g/mol. The molecule has 0 radical (unpaired) electrons. The van der Waals surface area contributed by atoms with Gasteiger partial charge in [-0.25, -0.2) is 14.8 Å². The summed E-state index contributed by atoms with van der Waals surface area (Å²) in [5, 5.41) is 30.3. The molecule has 0 bridgehead atoms. The summed E-state index contributed by atoms with van der Waals surface area (Å²) in [5.41, 5.74) is 3.13. The van der Waals surface area contributed by atoms with Gasteiger partial charge in [-0.05, 0) is 38.1 Å². The van der Waals surface area contributed by atoms with E-state index in [1.165, 1.54) is 12.1 Å². The number of aromatic carboxylic acids is 1. The molecule has 0 aliphatic carbocycles. The van der Waals surface area contributed by atoms with Gasteiger partial charge in [-0.2, -0.15) is 5.10 Å². The van der Waals surface area contributed by atoms with Crippen molar-refractivity contribution < 1.29 is 14.8 Å². The van der Waals surface area contributed by atoms with Crippen LogP contribution in [-0.2, 0) is 0 Å². The lowest BCUT2D eigenvalue weighted by Gasteiger charge is -2.22. The van der Waals surface area contributed by atoms with Crippen molar-refractivity contribution in [1.82, 2.24) is 30.0 Å². The summed E-state index contributed by atoms with van der Waals surface area (Å²) in [6.07, 6.45) is 5.69. The number of benzene rings is 2. The molecule has 6 rings (SSSR count). The predicted octanol–water partition coefficient (Wildman–Crippen LogP) is 4.17. The zero-order valence-electron chi connectivity index (χ0n) is 19.0. The fourth-order valence-electron chi connectivity index (χ4n) is 4.76. The number of nitrogens with one attached hydrogen (secondary N) is 2. The van der Waals surface area contributed by atoms with E-state index in [2.05, 4.69) is 20.4 Å². The molecular formula is C25H21N7O4. The zero-order valence-corrected chi connectivity index (χ0v) is 19.0. The minimum absolute atomic E-state index is 0.0563. The third-order valence-corrected chi connectivity index (χ3v) is 6.57. The normalized spacial score (nSPS) is 14.4. The predicted molar refractivity (Wildman–Crippen MR) is 133 cm³/mol. The number of carbonyl (C=O) groups is 1. The highest BCUT2D eigenvalue weighted by atomic mass is 16.6. The number of H-pyrrole nitrogens is 1. The van der Waals surface area contributed by atoms with Gasteiger partial charge in [-0.15, -0.1) is 0 Å². The number of fused-ring (bicyclic) bond motifs is 3. The van der Waals surface area contributed by atoms with E-state index in [0.29, 0.717) is 28.2 Å². The molecule has 180 valence electrons. The quantitative estimate of drug-likeness (QED) is 0.249. The van der Waals surface area contributed by atoms with Crippen molar-refractivity contribution in [3.05, 3.63) is 70.5 Å². The molecule has 0 atom stereocenters. The third kappa shape index (κ3) is 3.75. The van der Waals surface area contributed by atoms with Crippen molar-refractivity contribution in [2.45, 2.75) is 18.9 Å². The molecule has 5 aromatic rings. The van der Waals surface area contributed by atoms with E-state index in [1.807, 2.05) is 10.9 Å². The number of aromatic nitrogens is 5. The van der Waals surface area contributed by atoms with Gasteiger partial charge in [0.2, 0.25) is 0 Å². The lowest BCUT2D eigenvalue weighted by molar-refractivity contribution is -0.384. The van der Waals surface area contributed by atoms with Gasteiger partial charge in [0.15, 0.2) is 5.82 Å². The molecule has 0 saturated carbocycles. The van der Waals surface area contributed by atoms with Crippen molar-refractivity contribution in [2.75, 3.05) is 13.1 Å². The van der Waals surface area contributed by atoms with Gasteiger partial charge >= 0.3 is 5.97 Å². The van der Waals surface area contributed by atoms with E-state index in [0.717, 1.165) is 42.3 Å². The number of carboxylic acid groups (broad SMARTS) is 1. The monoisotopic (exact) mass is 483 g/mol. The van der Waals surface area contributed by atoms with E-state index in [9.17, 15) is 20.0 Å². The first-order valence-corrected chi connectivity index (χ1v) is 11.5. The highest BCUT2D eigenvalue weighted by molar-refractivity contribution is 6.13. The molecule has 11 nitrogen and oxygen atoms in total. The maximum absolute atomic E-state index is 11.5. The highest BCUT2D eigenvalue weighted by Gasteiger charge is 2.21. The topological polar surface area (TPSA) is 152 Å². The maximum Gasteiger partial charge on any atom is 0.335 e. The molecule has 0 amide bonds. The van der Waals surface area contributed by atoms with Gasteiger partial charge in [0.1, 0.15) is 5.65 Å². The van der Waals surface area contributed by atoms with Gasteiger partial charge in [0.05, 0.1) is 33.8 Å². The number of rotatable bonds is 5. The Morgan fingerprint density at radius 2 is 1.94 bits per heavy atom. The number of nitrogens with zero attached hydrogens (tertiary/aromatic N) is 5. The van der Waals surface area contributed by atoms with E-state index in [4.69, 9.17) is 4.98 Å². The summed E-state index contributed by atoms with van der Waals surface area (Å²) in [6, 6.07) is 11.3. The number of hydrogen-bond donors (Lipinski definition) is 3. The number of carboxylic acids is 1. The molecule has 3 aromatic heterocycles. The van der Waals surface area contributed by atoms with Crippen molar-refractivity contribution in [3.8, 4) is 22.6 Å². The maximum atomic E-state index is 11.5. The molecule has 36 heavy (non-hydrogen) atoms. The van der Waals surface area contributed by atoms with Gasteiger partial charge in [-0.1, -0.05) is 18.2 Å². The molecule has 3 N–H and O–H groups in total. The van der Waals surface area contributed by atoms with Crippen LogP contribution in [0.3, 0.4) is 0 Å². The summed E-state index contributed by atoms with van der Waals surface area (Å²) in [4.78, 5) is 35.1. The average molecular weight is 483 g/mol. The second kappa shape index (κ2) is 8.54. The Bertz CT molecular complexity index is 1650. The van der Waals surface area contributed by atoms with Crippen molar-refractivity contribution in [3.63, 3.8) is 0 Å². The summed E-state index contributed by atoms with van der Waals surface area (Å²) < 4.78 is 1.97. The number of non-ortho nitro benzene ring substituents is 1. The molecule has 1 fully saturated rings. The van der Waals surface area contributed by atoms with Crippen LogP contribution in [0.25, 0.3) is 44.6 Å². The summed E-state index contributed by atoms with van der Waals surface area (Å²) in [7, 11) is 0. The Hall–Kier alpha value is -4.64. The number of nitro groups is 1. The Balaban J connectivity index is 1.57. The van der Waals surface area contributed by atoms with Crippen LogP contribution in [0.5, 0.6) is 0 Å². The van der Waals surface area contributed by atoms with Crippen LogP contribution in [-0.4, -0.2) is 53.8 Å². The van der Waals surface area contributed by atoms with Crippen LogP contribution in [0.15, 0.2) is 54.9 Å². The number of nitro benzene ring substituents is 1. The van der Waals surface area contributed by atoms with Crippen molar-refractivity contribution >= 4 is 33.6 Å². The van der Waals surface area contributed by atoms with Crippen LogP contribution in [0.4, 0.5) is 5.69 Å². The standard InChI is InChI=1S/C25H21N7O4/c33-25(34)15-4-5-19-20(11-15)28-24-21(19)22(16-12-27-31(13-16)17-6-8-26-9-7-17)29-23(30-24)14-2-1-3-18(10-14)32(35)36/h1-5,10-13,17,26H,6-9H2,(H,33,34)(H,28,29,30). The molecule has 11 heteroatoms. The van der Waals surface area contributed by atoms with E-state index < -0.39 is 10.9 Å². The second-order valence-corrected chi connectivity index (χ2v) is 8.81. The van der Waals surface area contributed by atoms with Gasteiger partial charge in [-0.3, -0.25) is 14.8 Å². The van der Waals surface area contributed by atoms with E-state index >= 15 is 0 Å². The SMILES string of the molecule is O=C(O)c1ccc2c(c1)[nH]c1nc(-c3cccc([N+](=O)[O-])c3)nc(-c3cnn(C4CCNCC4)c3)c12. The third-order valence-electron chi connectivity index (χ3n) is 6.57. The van der Waals surface area contributed by atoms with Crippen LogP contribution in [0, 0.1) is 10.1 Å². The first kappa shape index (κ1) is 21.9.